The molecule has 3 rings (SSSR count). The van der Waals surface area contributed by atoms with Gasteiger partial charge in [0, 0.05) is 10.6 Å². The zero-order chi connectivity index (χ0) is 18.0. The topological polar surface area (TPSA) is 62.0 Å². The van der Waals surface area contributed by atoms with Crippen molar-refractivity contribution in [1.29, 1.82) is 0 Å². The van der Waals surface area contributed by atoms with E-state index in [2.05, 4.69) is 10.3 Å². The van der Waals surface area contributed by atoms with E-state index in [1.807, 2.05) is 44.2 Å². The summed E-state index contributed by atoms with van der Waals surface area (Å²) >= 11 is 7.32. The number of hydrogen-bond donors (Lipinski definition) is 2. The SMILES string of the molecule is Cc1cccc(-c2ccc(C(=O)NC(C)c3ccc(Cl)s3)c(=O)[nH]2)c1. The van der Waals surface area contributed by atoms with Gasteiger partial charge in [-0.25, -0.2) is 0 Å². The highest BCUT2D eigenvalue weighted by atomic mass is 35.5. The van der Waals surface area contributed by atoms with Crippen molar-refractivity contribution in [3.05, 3.63) is 79.2 Å². The van der Waals surface area contributed by atoms with E-state index in [-0.39, 0.29) is 11.6 Å². The van der Waals surface area contributed by atoms with E-state index in [0.717, 1.165) is 16.0 Å². The van der Waals surface area contributed by atoms with E-state index in [1.54, 1.807) is 18.2 Å². The molecule has 0 aliphatic rings. The van der Waals surface area contributed by atoms with Crippen molar-refractivity contribution in [2.75, 3.05) is 0 Å². The Morgan fingerprint density at radius 1 is 1.20 bits per heavy atom. The first-order valence-electron chi connectivity index (χ1n) is 7.80. The molecule has 4 nitrogen and oxygen atoms in total. The van der Waals surface area contributed by atoms with Gasteiger partial charge >= 0.3 is 0 Å². The maximum Gasteiger partial charge on any atom is 0.261 e. The Morgan fingerprint density at radius 3 is 2.64 bits per heavy atom. The van der Waals surface area contributed by atoms with E-state index < -0.39 is 11.5 Å². The molecular formula is C19H17ClN2O2S. The van der Waals surface area contributed by atoms with Crippen molar-refractivity contribution < 1.29 is 4.79 Å². The second kappa shape index (κ2) is 7.25. The minimum atomic E-state index is -0.409. The number of aryl methyl sites for hydroxylation is 1. The summed E-state index contributed by atoms with van der Waals surface area (Å²) in [5.41, 5.74) is 2.37. The summed E-state index contributed by atoms with van der Waals surface area (Å²) in [7, 11) is 0. The van der Waals surface area contributed by atoms with E-state index in [9.17, 15) is 9.59 Å². The molecule has 0 spiro atoms. The minimum Gasteiger partial charge on any atom is -0.345 e. The van der Waals surface area contributed by atoms with Crippen LogP contribution in [0.2, 0.25) is 4.34 Å². The van der Waals surface area contributed by atoms with Crippen LogP contribution in [0.25, 0.3) is 11.3 Å². The molecule has 1 amide bonds. The Kier molecular flexibility index (Phi) is 5.06. The Labute approximate surface area is 154 Å². The molecule has 0 saturated carbocycles. The van der Waals surface area contributed by atoms with Crippen molar-refractivity contribution in [2.24, 2.45) is 0 Å². The third kappa shape index (κ3) is 4.00. The Hall–Kier alpha value is -2.37. The van der Waals surface area contributed by atoms with Crippen LogP contribution in [-0.2, 0) is 0 Å². The summed E-state index contributed by atoms with van der Waals surface area (Å²) in [5.74, 6) is -0.408. The van der Waals surface area contributed by atoms with Gasteiger partial charge in [-0.2, -0.15) is 0 Å². The molecule has 2 aromatic heterocycles. The molecule has 3 aromatic rings. The van der Waals surface area contributed by atoms with Crippen LogP contribution in [0.1, 0.15) is 33.8 Å². The van der Waals surface area contributed by atoms with Crippen LogP contribution in [0, 0.1) is 6.92 Å². The molecule has 25 heavy (non-hydrogen) atoms. The maximum absolute atomic E-state index is 12.4. The van der Waals surface area contributed by atoms with Crippen LogP contribution in [-0.4, -0.2) is 10.9 Å². The summed E-state index contributed by atoms with van der Waals surface area (Å²) in [4.78, 5) is 28.4. The first-order valence-corrected chi connectivity index (χ1v) is 9.00. The lowest BCUT2D eigenvalue weighted by Gasteiger charge is -2.12. The summed E-state index contributed by atoms with van der Waals surface area (Å²) < 4.78 is 0.663. The third-order valence-electron chi connectivity index (χ3n) is 3.85. The second-order valence-corrected chi connectivity index (χ2v) is 7.57. The Balaban J connectivity index is 1.81. The van der Waals surface area contributed by atoms with E-state index in [4.69, 9.17) is 11.6 Å². The molecule has 2 heterocycles. The zero-order valence-corrected chi connectivity index (χ0v) is 15.4. The Morgan fingerprint density at radius 2 is 2.00 bits per heavy atom. The summed E-state index contributed by atoms with van der Waals surface area (Å²) in [6, 6.07) is 14.5. The van der Waals surface area contributed by atoms with Gasteiger partial charge in [-0.05, 0) is 49.7 Å². The summed E-state index contributed by atoms with van der Waals surface area (Å²) in [5, 5.41) is 2.83. The molecule has 128 valence electrons. The van der Waals surface area contributed by atoms with Crippen molar-refractivity contribution in [1.82, 2.24) is 10.3 Å². The minimum absolute atomic E-state index is 0.0888. The van der Waals surface area contributed by atoms with Crippen molar-refractivity contribution in [3.63, 3.8) is 0 Å². The van der Waals surface area contributed by atoms with E-state index in [0.29, 0.717) is 10.0 Å². The van der Waals surface area contributed by atoms with Gasteiger partial charge in [0.1, 0.15) is 5.56 Å². The van der Waals surface area contributed by atoms with Gasteiger partial charge in [0.15, 0.2) is 0 Å². The first kappa shape index (κ1) is 17.5. The number of rotatable bonds is 4. The van der Waals surface area contributed by atoms with Crippen LogP contribution in [0.4, 0.5) is 0 Å². The lowest BCUT2D eigenvalue weighted by Crippen LogP contribution is -2.31. The predicted molar refractivity (Wildman–Crippen MR) is 102 cm³/mol. The highest BCUT2D eigenvalue weighted by molar-refractivity contribution is 7.16. The van der Waals surface area contributed by atoms with Gasteiger partial charge in [-0.15, -0.1) is 11.3 Å². The molecule has 0 aliphatic heterocycles. The number of amides is 1. The summed E-state index contributed by atoms with van der Waals surface area (Å²) in [6.45, 7) is 3.84. The first-order chi connectivity index (χ1) is 11.9. The van der Waals surface area contributed by atoms with Gasteiger partial charge in [0.2, 0.25) is 0 Å². The van der Waals surface area contributed by atoms with Crippen LogP contribution < -0.4 is 10.9 Å². The number of hydrogen-bond acceptors (Lipinski definition) is 3. The molecule has 0 radical (unpaired) electrons. The maximum atomic E-state index is 12.4. The number of benzene rings is 1. The average Bonchev–Trinajstić information content (AvgIpc) is 3.01. The molecule has 0 saturated heterocycles. The number of H-pyrrole nitrogens is 1. The number of carbonyl (C=O) groups excluding carboxylic acids is 1. The molecule has 0 fully saturated rings. The van der Waals surface area contributed by atoms with Crippen LogP contribution >= 0.6 is 22.9 Å². The van der Waals surface area contributed by atoms with Crippen molar-refractivity contribution >= 4 is 28.8 Å². The molecular weight excluding hydrogens is 356 g/mol. The second-order valence-electron chi connectivity index (χ2n) is 5.82. The molecule has 0 aliphatic carbocycles. The fourth-order valence-corrected chi connectivity index (χ4v) is 3.60. The predicted octanol–water partition coefficient (Wildman–Crippen LogP) is 4.56. The lowest BCUT2D eigenvalue weighted by atomic mass is 10.1. The number of halogens is 1. The van der Waals surface area contributed by atoms with Crippen LogP contribution in [0.15, 0.2) is 53.3 Å². The zero-order valence-electron chi connectivity index (χ0n) is 13.8. The highest BCUT2D eigenvalue weighted by Crippen LogP contribution is 2.26. The number of pyridine rings is 1. The Bertz CT molecular complexity index is 977. The van der Waals surface area contributed by atoms with Gasteiger partial charge in [-0.1, -0.05) is 35.4 Å². The largest absolute Gasteiger partial charge is 0.345 e. The fourth-order valence-electron chi connectivity index (χ4n) is 2.54. The van der Waals surface area contributed by atoms with Crippen molar-refractivity contribution in [3.8, 4) is 11.3 Å². The lowest BCUT2D eigenvalue weighted by molar-refractivity contribution is 0.0939. The summed E-state index contributed by atoms with van der Waals surface area (Å²) in [6.07, 6.45) is 0. The molecule has 2 N–H and O–H groups in total. The fraction of sp³-hybridized carbons (Fsp3) is 0.158. The van der Waals surface area contributed by atoms with Gasteiger partial charge in [-0.3, -0.25) is 9.59 Å². The number of aromatic amines is 1. The number of nitrogens with one attached hydrogen (secondary N) is 2. The number of aromatic nitrogens is 1. The van der Waals surface area contributed by atoms with Gasteiger partial charge < -0.3 is 10.3 Å². The van der Waals surface area contributed by atoms with Gasteiger partial charge in [0.05, 0.1) is 10.4 Å². The number of thiophene rings is 1. The third-order valence-corrected chi connectivity index (χ3v) is 5.27. The molecule has 6 heteroatoms. The van der Waals surface area contributed by atoms with E-state index >= 15 is 0 Å². The highest BCUT2D eigenvalue weighted by Gasteiger charge is 2.16. The van der Waals surface area contributed by atoms with Gasteiger partial charge in [0.25, 0.3) is 11.5 Å². The molecule has 1 aromatic carbocycles. The number of carbonyl (C=O) groups is 1. The standard InChI is InChI=1S/C19H17ClN2O2S/c1-11-4-3-5-13(10-11)15-7-6-14(19(24)22-15)18(23)21-12(2)16-8-9-17(20)25-16/h3-10,12H,1-2H3,(H,21,23)(H,22,24). The normalized spacial score (nSPS) is 12.0. The molecule has 0 bridgehead atoms. The average molecular weight is 373 g/mol. The molecule has 1 atom stereocenters. The van der Waals surface area contributed by atoms with Crippen LogP contribution in [0.3, 0.4) is 0 Å². The monoisotopic (exact) mass is 372 g/mol. The van der Waals surface area contributed by atoms with Crippen molar-refractivity contribution in [2.45, 2.75) is 19.9 Å². The smallest absolute Gasteiger partial charge is 0.261 e. The molecule has 1 unspecified atom stereocenters. The van der Waals surface area contributed by atoms with E-state index in [1.165, 1.54) is 11.3 Å². The van der Waals surface area contributed by atoms with Crippen LogP contribution in [0.5, 0.6) is 0 Å². The quantitative estimate of drug-likeness (QED) is 0.705.